The van der Waals surface area contributed by atoms with Crippen LogP contribution in [0.4, 0.5) is 0 Å². The topological polar surface area (TPSA) is 42.2 Å². The molecule has 0 spiro atoms. The van der Waals surface area contributed by atoms with Crippen molar-refractivity contribution in [2.24, 2.45) is 0 Å². The van der Waals surface area contributed by atoms with Crippen LogP contribution in [0.25, 0.3) is 5.69 Å². The lowest BCUT2D eigenvalue weighted by Gasteiger charge is -2.15. The van der Waals surface area contributed by atoms with Crippen molar-refractivity contribution in [3.63, 3.8) is 0 Å². The first-order valence-corrected chi connectivity index (χ1v) is 6.88. The maximum atomic E-state index is 11.4. The Morgan fingerprint density at radius 3 is 2.22 bits per heavy atom. The van der Waals surface area contributed by atoms with Crippen molar-refractivity contribution in [2.75, 3.05) is 0 Å². The number of benzene rings is 1. The van der Waals surface area contributed by atoms with E-state index in [0.29, 0.717) is 5.69 Å². The number of aromatic nitrogens is 1. The predicted molar refractivity (Wildman–Crippen MR) is 77.6 cm³/mol. The molecule has 0 aliphatic heterocycles. The van der Waals surface area contributed by atoms with Crippen molar-refractivity contribution >= 4 is 37.8 Å². The molecule has 0 aliphatic rings. The van der Waals surface area contributed by atoms with E-state index in [-0.39, 0.29) is 5.56 Å². The molecule has 0 atom stereocenters. The molecule has 1 aromatic heterocycles. The molecule has 1 heterocycles. The van der Waals surface area contributed by atoms with Crippen molar-refractivity contribution in [1.29, 1.82) is 0 Å². The van der Waals surface area contributed by atoms with Gasteiger partial charge in [0.25, 0.3) is 0 Å². The number of aromatic carboxylic acids is 1. The Morgan fingerprint density at radius 1 is 1.17 bits per heavy atom. The van der Waals surface area contributed by atoms with Crippen LogP contribution in [0.1, 0.15) is 21.7 Å². The molecule has 0 fully saturated rings. The van der Waals surface area contributed by atoms with Gasteiger partial charge >= 0.3 is 5.97 Å². The van der Waals surface area contributed by atoms with E-state index in [0.717, 1.165) is 20.3 Å². The first-order valence-electron chi connectivity index (χ1n) is 5.29. The van der Waals surface area contributed by atoms with Gasteiger partial charge in [0.2, 0.25) is 0 Å². The Hall–Kier alpha value is -1.07. The zero-order valence-corrected chi connectivity index (χ0v) is 13.0. The summed E-state index contributed by atoms with van der Waals surface area (Å²) >= 11 is 6.76. The molecular formula is C13H11Br2NO2. The van der Waals surface area contributed by atoms with Crippen molar-refractivity contribution in [2.45, 2.75) is 13.8 Å². The van der Waals surface area contributed by atoms with E-state index < -0.39 is 5.97 Å². The van der Waals surface area contributed by atoms with Gasteiger partial charge in [0, 0.05) is 20.3 Å². The second kappa shape index (κ2) is 4.90. The van der Waals surface area contributed by atoms with Crippen LogP contribution >= 0.6 is 31.9 Å². The largest absolute Gasteiger partial charge is 0.478 e. The second-order valence-corrected chi connectivity index (χ2v) is 5.81. The molecule has 0 amide bonds. The highest BCUT2D eigenvalue weighted by atomic mass is 79.9. The molecule has 94 valence electrons. The third kappa shape index (κ3) is 2.24. The number of aryl methyl sites for hydroxylation is 2. The van der Waals surface area contributed by atoms with Crippen LogP contribution in [0.2, 0.25) is 0 Å². The third-order valence-corrected chi connectivity index (χ3v) is 3.82. The van der Waals surface area contributed by atoms with Gasteiger partial charge in [-0.05, 0) is 54.0 Å². The summed E-state index contributed by atoms with van der Waals surface area (Å²) in [5.41, 5.74) is 2.92. The molecular weight excluding hydrogens is 362 g/mol. The lowest BCUT2D eigenvalue weighted by molar-refractivity contribution is 0.0696. The summed E-state index contributed by atoms with van der Waals surface area (Å²) in [6, 6.07) is 7.40. The Labute approximate surface area is 122 Å². The molecule has 2 aromatic rings. The number of hydrogen-bond donors (Lipinski definition) is 1. The standard InChI is InChI=1S/C13H11Br2NO2/c1-7-3-4-8(2)16(7)12-10(13(17)18)5-9(14)6-11(12)15/h3-6H,1-2H3,(H,17,18). The second-order valence-electron chi connectivity index (χ2n) is 4.04. The predicted octanol–water partition coefficient (Wildman–Crippen LogP) is 4.32. The monoisotopic (exact) mass is 371 g/mol. The summed E-state index contributed by atoms with van der Waals surface area (Å²) in [7, 11) is 0. The van der Waals surface area contributed by atoms with Crippen LogP contribution < -0.4 is 0 Å². The van der Waals surface area contributed by atoms with E-state index in [2.05, 4.69) is 31.9 Å². The van der Waals surface area contributed by atoms with Gasteiger partial charge in [-0.1, -0.05) is 15.9 Å². The summed E-state index contributed by atoms with van der Waals surface area (Å²) in [6.45, 7) is 3.90. The Bertz CT molecular complexity index is 613. The number of nitrogens with zero attached hydrogens (tertiary/aromatic N) is 1. The van der Waals surface area contributed by atoms with Crippen molar-refractivity contribution in [3.8, 4) is 5.69 Å². The van der Waals surface area contributed by atoms with Gasteiger partial charge in [0.15, 0.2) is 0 Å². The zero-order valence-electron chi connectivity index (χ0n) is 9.87. The van der Waals surface area contributed by atoms with Gasteiger partial charge in [-0.3, -0.25) is 0 Å². The van der Waals surface area contributed by atoms with Crippen LogP contribution in [-0.4, -0.2) is 15.6 Å². The van der Waals surface area contributed by atoms with Crippen molar-refractivity contribution in [3.05, 3.63) is 50.2 Å². The lowest BCUT2D eigenvalue weighted by atomic mass is 10.1. The molecule has 0 aliphatic carbocycles. The van der Waals surface area contributed by atoms with Gasteiger partial charge in [-0.2, -0.15) is 0 Å². The minimum absolute atomic E-state index is 0.263. The van der Waals surface area contributed by atoms with Crippen LogP contribution in [0.3, 0.4) is 0 Å². The zero-order chi connectivity index (χ0) is 13.4. The maximum absolute atomic E-state index is 11.4. The molecule has 0 saturated heterocycles. The smallest absolute Gasteiger partial charge is 0.337 e. The normalized spacial score (nSPS) is 10.7. The summed E-state index contributed by atoms with van der Waals surface area (Å²) in [6.07, 6.45) is 0. The molecule has 5 heteroatoms. The van der Waals surface area contributed by atoms with E-state index in [1.165, 1.54) is 0 Å². The van der Waals surface area contributed by atoms with E-state index in [1.807, 2.05) is 36.6 Å². The summed E-state index contributed by atoms with van der Waals surface area (Å²) in [5.74, 6) is -0.945. The fourth-order valence-corrected chi connectivity index (χ4v) is 3.38. The van der Waals surface area contributed by atoms with Crippen LogP contribution in [0, 0.1) is 13.8 Å². The number of carbonyl (C=O) groups is 1. The number of hydrogen-bond acceptors (Lipinski definition) is 1. The number of carboxylic acids is 1. The molecule has 0 bridgehead atoms. The highest BCUT2D eigenvalue weighted by Crippen LogP contribution is 2.31. The third-order valence-electron chi connectivity index (χ3n) is 2.75. The highest BCUT2D eigenvalue weighted by Gasteiger charge is 2.18. The Kier molecular flexibility index (Phi) is 3.64. The minimum atomic E-state index is -0.945. The minimum Gasteiger partial charge on any atom is -0.478 e. The SMILES string of the molecule is Cc1ccc(C)n1-c1c(Br)cc(Br)cc1C(=O)O. The molecule has 2 rings (SSSR count). The fourth-order valence-electron chi connectivity index (χ4n) is 1.98. The molecule has 3 nitrogen and oxygen atoms in total. The van der Waals surface area contributed by atoms with Crippen molar-refractivity contribution in [1.82, 2.24) is 4.57 Å². The Morgan fingerprint density at radius 2 is 1.72 bits per heavy atom. The van der Waals surface area contributed by atoms with E-state index >= 15 is 0 Å². The average Bonchev–Trinajstić information content (AvgIpc) is 2.58. The Balaban J connectivity index is 2.82. The van der Waals surface area contributed by atoms with Gasteiger partial charge in [0.1, 0.15) is 0 Å². The van der Waals surface area contributed by atoms with E-state index in [9.17, 15) is 9.90 Å². The van der Waals surface area contributed by atoms with Gasteiger partial charge in [0.05, 0.1) is 11.3 Å². The number of rotatable bonds is 2. The van der Waals surface area contributed by atoms with Crippen LogP contribution in [-0.2, 0) is 0 Å². The first-order chi connectivity index (χ1) is 8.41. The molecule has 18 heavy (non-hydrogen) atoms. The van der Waals surface area contributed by atoms with Crippen LogP contribution in [0.5, 0.6) is 0 Å². The molecule has 0 radical (unpaired) electrons. The average molecular weight is 373 g/mol. The number of halogens is 2. The van der Waals surface area contributed by atoms with E-state index in [1.54, 1.807) is 6.07 Å². The number of carboxylic acid groups (broad SMARTS) is 1. The first kappa shape index (κ1) is 13.4. The summed E-state index contributed by atoms with van der Waals surface area (Å²) < 4.78 is 3.41. The van der Waals surface area contributed by atoms with Gasteiger partial charge in [-0.15, -0.1) is 0 Å². The molecule has 1 aromatic carbocycles. The molecule has 1 N–H and O–H groups in total. The fraction of sp³-hybridized carbons (Fsp3) is 0.154. The van der Waals surface area contributed by atoms with Gasteiger partial charge < -0.3 is 9.67 Å². The molecule has 0 saturated carbocycles. The summed E-state index contributed by atoms with van der Waals surface area (Å²) in [5, 5.41) is 9.34. The van der Waals surface area contributed by atoms with E-state index in [4.69, 9.17) is 0 Å². The highest BCUT2D eigenvalue weighted by molar-refractivity contribution is 9.11. The maximum Gasteiger partial charge on any atom is 0.337 e. The van der Waals surface area contributed by atoms with Crippen LogP contribution in [0.15, 0.2) is 33.2 Å². The lowest BCUT2D eigenvalue weighted by Crippen LogP contribution is -2.08. The quantitative estimate of drug-likeness (QED) is 0.852. The molecule has 0 unspecified atom stereocenters. The summed E-state index contributed by atoms with van der Waals surface area (Å²) in [4.78, 5) is 11.4. The van der Waals surface area contributed by atoms with Crippen molar-refractivity contribution < 1.29 is 9.90 Å². The van der Waals surface area contributed by atoms with Gasteiger partial charge in [-0.25, -0.2) is 4.79 Å².